The van der Waals surface area contributed by atoms with Crippen molar-refractivity contribution in [1.29, 1.82) is 0 Å². The van der Waals surface area contributed by atoms with Crippen LogP contribution in [-0.2, 0) is 9.47 Å². The molecule has 0 rings (SSSR count). The predicted octanol–water partition coefficient (Wildman–Crippen LogP) is 4.71. The molecule has 0 radical (unpaired) electrons. The Morgan fingerprint density at radius 3 is 1.65 bits per heavy atom. The number of hydrogen-bond acceptors (Lipinski definition) is 3. The lowest BCUT2D eigenvalue weighted by Gasteiger charge is -2.04. The Labute approximate surface area is 130 Å². The van der Waals surface area contributed by atoms with Crippen molar-refractivity contribution >= 4 is 0 Å². The highest BCUT2D eigenvalue weighted by Crippen LogP contribution is 1.98. The molecule has 0 atom stereocenters. The van der Waals surface area contributed by atoms with Gasteiger partial charge in [0.2, 0.25) is 0 Å². The normalized spacial score (nSPS) is 9.00. The molecule has 0 unspecified atom stereocenters. The molecule has 0 fully saturated rings. The largest absolute Gasteiger partial charge is 0.382 e. The van der Waals surface area contributed by atoms with Crippen LogP contribution in [0, 0.1) is 5.92 Å². The van der Waals surface area contributed by atoms with E-state index in [4.69, 9.17) is 9.47 Å². The standard InChI is InChI=1S/C8H18O2.C5H13N.2C2H6/c1-8(2)4-5-10-7-6-9-3;1-4-5-6(2)3;2*1-2/h8H,4-7H2,1-3H3;4-5H2,1-3H3;2*1-2H3. The fourth-order valence-corrected chi connectivity index (χ4v) is 1.01. The SMILES string of the molecule is CC.CC.CCCN(C)C.COCCOCCC(C)C. The molecule has 0 saturated carbocycles. The summed E-state index contributed by atoms with van der Waals surface area (Å²) in [6.45, 7) is 18.1. The first-order valence-electron chi connectivity index (χ1n) is 8.25. The third-order valence-corrected chi connectivity index (χ3v) is 1.94. The highest BCUT2D eigenvalue weighted by atomic mass is 16.5. The molecule has 0 aliphatic heterocycles. The van der Waals surface area contributed by atoms with E-state index in [0.29, 0.717) is 6.61 Å². The van der Waals surface area contributed by atoms with Gasteiger partial charge in [-0.05, 0) is 39.4 Å². The summed E-state index contributed by atoms with van der Waals surface area (Å²) < 4.78 is 10.1. The predicted molar refractivity (Wildman–Crippen MR) is 93.7 cm³/mol. The summed E-state index contributed by atoms with van der Waals surface area (Å²) in [5.41, 5.74) is 0. The smallest absolute Gasteiger partial charge is 0.0700 e. The molecule has 3 nitrogen and oxygen atoms in total. The van der Waals surface area contributed by atoms with Crippen LogP contribution in [0.4, 0.5) is 0 Å². The van der Waals surface area contributed by atoms with Crippen LogP contribution in [-0.4, -0.2) is 52.5 Å². The van der Waals surface area contributed by atoms with Gasteiger partial charge in [-0.15, -0.1) is 0 Å². The summed E-state index contributed by atoms with van der Waals surface area (Å²) in [5.74, 6) is 0.738. The first-order valence-corrected chi connectivity index (χ1v) is 8.25. The first kappa shape index (κ1) is 28.1. The Balaban J connectivity index is -0.000000109. The highest BCUT2D eigenvalue weighted by molar-refractivity contribution is 4.42. The van der Waals surface area contributed by atoms with Crippen molar-refractivity contribution in [1.82, 2.24) is 4.90 Å². The minimum absolute atomic E-state index is 0.706. The van der Waals surface area contributed by atoms with E-state index in [1.54, 1.807) is 7.11 Å². The Morgan fingerprint density at radius 1 is 0.900 bits per heavy atom. The van der Waals surface area contributed by atoms with Crippen LogP contribution < -0.4 is 0 Å². The van der Waals surface area contributed by atoms with Crippen LogP contribution >= 0.6 is 0 Å². The molecule has 0 heterocycles. The van der Waals surface area contributed by atoms with Gasteiger partial charge in [0.05, 0.1) is 13.2 Å². The van der Waals surface area contributed by atoms with E-state index in [2.05, 4.69) is 39.8 Å². The van der Waals surface area contributed by atoms with Crippen LogP contribution in [0.1, 0.15) is 61.3 Å². The molecular formula is C17H43NO2. The number of hydrogen-bond donors (Lipinski definition) is 0. The minimum atomic E-state index is 0.706. The van der Waals surface area contributed by atoms with Crippen LogP contribution in [0.2, 0.25) is 0 Å². The van der Waals surface area contributed by atoms with Gasteiger partial charge in [0.1, 0.15) is 0 Å². The van der Waals surface area contributed by atoms with Gasteiger partial charge < -0.3 is 14.4 Å². The van der Waals surface area contributed by atoms with Crippen molar-refractivity contribution < 1.29 is 9.47 Å². The van der Waals surface area contributed by atoms with E-state index in [-0.39, 0.29) is 0 Å². The zero-order valence-corrected chi connectivity index (χ0v) is 16.1. The van der Waals surface area contributed by atoms with Gasteiger partial charge in [-0.25, -0.2) is 0 Å². The molecule has 0 N–H and O–H groups in total. The van der Waals surface area contributed by atoms with Gasteiger partial charge in [-0.1, -0.05) is 48.5 Å². The maximum atomic E-state index is 5.26. The van der Waals surface area contributed by atoms with E-state index in [0.717, 1.165) is 25.6 Å². The average Bonchev–Trinajstić information content (AvgIpc) is 2.43. The molecule has 128 valence electrons. The molecule has 0 spiro atoms. The van der Waals surface area contributed by atoms with E-state index in [1.165, 1.54) is 13.0 Å². The highest BCUT2D eigenvalue weighted by Gasteiger charge is 1.92. The Kier molecular flexibility index (Phi) is 44.0. The molecule has 0 aromatic rings. The molecule has 0 aliphatic carbocycles. The molecule has 0 aromatic carbocycles. The third kappa shape index (κ3) is 52.2. The third-order valence-electron chi connectivity index (χ3n) is 1.94. The summed E-state index contributed by atoms with van der Waals surface area (Å²) >= 11 is 0. The molecule has 0 aromatic heterocycles. The molecule has 0 saturated heterocycles. The van der Waals surface area contributed by atoms with E-state index < -0.39 is 0 Å². The number of rotatable bonds is 8. The van der Waals surface area contributed by atoms with Crippen molar-refractivity contribution in [2.45, 2.75) is 61.3 Å². The van der Waals surface area contributed by atoms with Gasteiger partial charge in [0.15, 0.2) is 0 Å². The quantitative estimate of drug-likeness (QED) is 0.605. The van der Waals surface area contributed by atoms with Gasteiger partial charge in [-0.2, -0.15) is 0 Å². The summed E-state index contributed by atoms with van der Waals surface area (Å²) in [4.78, 5) is 2.18. The van der Waals surface area contributed by atoms with Crippen molar-refractivity contribution in [3.8, 4) is 0 Å². The minimum Gasteiger partial charge on any atom is -0.382 e. The molecular weight excluding hydrogens is 250 g/mol. The second-order valence-corrected chi connectivity index (χ2v) is 4.59. The first-order chi connectivity index (χ1) is 9.54. The molecule has 0 aliphatic rings. The number of ether oxygens (including phenoxy) is 2. The summed E-state index contributed by atoms with van der Waals surface area (Å²) in [6, 6.07) is 0. The van der Waals surface area contributed by atoms with Gasteiger partial charge in [-0.3, -0.25) is 0 Å². The zero-order chi connectivity index (χ0) is 16.8. The van der Waals surface area contributed by atoms with Gasteiger partial charge in [0, 0.05) is 13.7 Å². The van der Waals surface area contributed by atoms with Crippen LogP contribution in [0.25, 0.3) is 0 Å². The van der Waals surface area contributed by atoms with Crippen LogP contribution in [0.15, 0.2) is 0 Å². The average molecular weight is 294 g/mol. The zero-order valence-electron chi connectivity index (χ0n) is 16.1. The van der Waals surface area contributed by atoms with Crippen molar-refractivity contribution in [3.63, 3.8) is 0 Å². The second kappa shape index (κ2) is 31.3. The second-order valence-electron chi connectivity index (χ2n) is 4.59. The molecule has 3 heteroatoms. The monoisotopic (exact) mass is 293 g/mol. The Morgan fingerprint density at radius 2 is 1.40 bits per heavy atom. The molecule has 0 amide bonds. The van der Waals surface area contributed by atoms with E-state index >= 15 is 0 Å². The van der Waals surface area contributed by atoms with Crippen LogP contribution in [0.3, 0.4) is 0 Å². The lowest BCUT2D eigenvalue weighted by molar-refractivity contribution is 0.0654. The summed E-state index contributed by atoms with van der Waals surface area (Å²) in [7, 11) is 5.86. The Hall–Kier alpha value is -0.120. The maximum absolute atomic E-state index is 5.26. The van der Waals surface area contributed by atoms with E-state index in [1.807, 2.05) is 27.7 Å². The summed E-state index contributed by atoms with van der Waals surface area (Å²) in [5, 5.41) is 0. The lowest BCUT2D eigenvalue weighted by Crippen LogP contribution is -2.11. The van der Waals surface area contributed by atoms with E-state index in [9.17, 15) is 0 Å². The van der Waals surface area contributed by atoms with Crippen molar-refractivity contribution in [3.05, 3.63) is 0 Å². The lowest BCUT2D eigenvalue weighted by atomic mass is 10.1. The summed E-state index contributed by atoms with van der Waals surface area (Å²) in [6.07, 6.45) is 2.40. The fraction of sp³-hybridized carbons (Fsp3) is 1.00. The molecule has 20 heavy (non-hydrogen) atoms. The number of nitrogens with zero attached hydrogens (tertiary/aromatic N) is 1. The Bertz CT molecular complexity index is 118. The van der Waals surface area contributed by atoms with Crippen molar-refractivity contribution in [2.75, 3.05) is 47.6 Å². The molecule has 0 bridgehead atoms. The van der Waals surface area contributed by atoms with Crippen molar-refractivity contribution in [2.24, 2.45) is 5.92 Å². The topological polar surface area (TPSA) is 21.7 Å². The van der Waals surface area contributed by atoms with Crippen LogP contribution in [0.5, 0.6) is 0 Å². The number of methoxy groups -OCH3 is 1. The maximum Gasteiger partial charge on any atom is 0.0700 e. The van der Waals surface area contributed by atoms with Gasteiger partial charge >= 0.3 is 0 Å². The van der Waals surface area contributed by atoms with Gasteiger partial charge in [0.25, 0.3) is 0 Å². The fourth-order valence-electron chi connectivity index (χ4n) is 1.01.